The van der Waals surface area contributed by atoms with Gasteiger partial charge in [0.1, 0.15) is 6.54 Å². The predicted molar refractivity (Wildman–Crippen MR) is 124 cm³/mol. The van der Waals surface area contributed by atoms with Crippen LogP contribution in [0, 0.1) is 0 Å². The van der Waals surface area contributed by atoms with Crippen LogP contribution in [-0.4, -0.2) is 53.4 Å². The molecule has 1 aliphatic carbocycles. The van der Waals surface area contributed by atoms with Crippen molar-refractivity contribution in [3.05, 3.63) is 42.2 Å². The molecule has 2 heterocycles. The number of nitrogens with zero attached hydrogens (tertiary/aromatic N) is 3. The van der Waals surface area contributed by atoms with Gasteiger partial charge in [-0.1, -0.05) is 25.0 Å². The van der Waals surface area contributed by atoms with E-state index in [9.17, 15) is 18.0 Å². The maximum atomic E-state index is 12.6. The third-order valence-corrected chi connectivity index (χ3v) is 8.12. The maximum Gasteiger partial charge on any atom is 0.243 e. The zero-order valence-corrected chi connectivity index (χ0v) is 19.5. The quantitative estimate of drug-likeness (QED) is 0.580. The van der Waals surface area contributed by atoms with Gasteiger partial charge in [0.05, 0.1) is 16.8 Å². The molecule has 2 aromatic rings. The number of hydrogen-bond donors (Lipinski definition) is 2. The summed E-state index contributed by atoms with van der Waals surface area (Å²) in [5.74, 6) is -0.239. The SMILES string of the molecule is O=C(CCc1ccc(S(=O)(=O)N2CCCC2)cc1)Nc1cnn(CC(=O)NC2CCCC2)c1. The third kappa shape index (κ3) is 6.20. The first-order valence-corrected chi connectivity index (χ1v) is 13.0. The van der Waals surface area contributed by atoms with E-state index in [0.717, 1.165) is 44.1 Å². The molecule has 0 bridgehead atoms. The number of aryl methyl sites for hydroxylation is 1. The van der Waals surface area contributed by atoms with Crippen molar-refractivity contribution in [1.82, 2.24) is 19.4 Å². The summed E-state index contributed by atoms with van der Waals surface area (Å²) in [6.45, 7) is 1.27. The molecule has 9 nitrogen and oxygen atoms in total. The summed E-state index contributed by atoms with van der Waals surface area (Å²) in [5.41, 5.74) is 1.44. The first-order chi connectivity index (χ1) is 15.9. The van der Waals surface area contributed by atoms with E-state index in [1.165, 1.54) is 15.2 Å². The van der Waals surface area contributed by atoms with Gasteiger partial charge in [-0.05, 0) is 49.8 Å². The number of aromatic nitrogens is 2. The number of hydrogen-bond acceptors (Lipinski definition) is 5. The molecule has 0 spiro atoms. The van der Waals surface area contributed by atoms with E-state index < -0.39 is 10.0 Å². The second-order valence-electron chi connectivity index (χ2n) is 8.78. The number of carbonyl (C=O) groups excluding carboxylic acids is 2. The molecule has 2 N–H and O–H groups in total. The minimum absolute atomic E-state index is 0.0712. The lowest BCUT2D eigenvalue weighted by Crippen LogP contribution is -2.35. The molecular formula is C23H31N5O4S. The normalized spacial score (nSPS) is 17.3. The van der Waals surface area contributed by atoms with Crippen molar-refractivity contribution >= 4 is 27.5 Å². The Labute approximate surface area is 194 Å². The van der Waals surface area contributed by atoms with Crippen LogP contribution in [0.2, 0.25) is 0 Å². The van der Waals surface area contributed by atoms with Gasteiger partial charge in [0.15, 0.2) is 0 Å². The highest BCUT2D eigenvalue weighted by molar-refractivity contribution is 7.89. The van der Waals surface area contributed by atoms with Crippen molar-refractivity contribution in [2.75, 3.05) is 18.4 Å². The zero-order chi connectivity index (χ0) is 23.3. The van der Waals surface area contributed by atoms with Gasteiger partial charge in [0.25, 0.3) is 0 Å². The Kier molecular flexibility index (Phi) is 7.44. The Hall–Kier alpha value is -2.72. The first kappa shape index (κ1) is 23.4. The fourth-order valence-electron chi connectivity index (χ4n) is 4.39. The predicted octanol–water partition coefficient (Wildman–Crippen LogP) is 2.30. The van der Waals surface area contributed by atoms with Gasteiger partial charge in [0.2, 0.25) is 21.8 Å². The minimum atomic E-state index is -3.42. The van der Waals surface area contributed by atoms with Gasteiger partial charge in [-0.2, -0.15) is 9.40 Å². The molecule has 0 unspecified atom stereocenters. The molecule has 33 heavy (non-hydrogen) atoms. The lowest BCUT2D eigenvalue weighted by molar-refractivity contribution is -0.122. The second kappa shape index (κ2) is 10.5. The fourth-order valence-corrected chi connectivity index (χ4v) is 5.91. The molecule has 2 amide bonds. The molecule has 0 atom stereocenters. The van der Waals surface area contributed by atoms with Crippen molar-refractivity contribution in [3.63, 3.8) is 0 Å². The van der Waals surface area contributed by atoms with Crippen LogP contribution in [0.25, 0.3) is 0 Å². The van der Waals surface area contributed by atoms with Gasteiger partial charge >= 0.3 is 0 Å². The Morgan fingerprint density at radius 1 is 1.00 bits per heavy atom. The van der Waals surface area contributed by atoms with E-state index in [4.69, 9.17) is 0 Å². The third-order valence-electron chi connectivity index (χ3n) is 6.21. The molecule has 1 aliphatic heterocycles. The van der Waals surface area contributed by atoms with Crippen LogP contribution < -0.4 is 10.6 Å². The summed E-state index contributed by atoms with van der Waals surface area (Å²) in [7, 11) is -3.42. The Bertz CT molecular complexity index is 1070. The highest BCUT2D eigenvalue weighted by Gasteiger charge is 2.26. The lowest BCUT2D eigenvalue weighted by Gasteiger charge is -2.15. The molecule has 1 aromatic heterocycles. The summed E-state index contributed by atoms with van der Waals surface area (Å²) in [6, 6.07) is 7.01. The Morgan fingerprint density at radius 2 is 1.70 bits per heavy atom. The number of rotatable bonds is 9. The summed E-state index contributed by atoms with van der Waals surface area (Å²) in [4.78, 5) is 24.7. The van der Waals surface area contributed by atoms with Gasteiger partial charge in [-0.3, -0.25) is 14.3 Å². The molecule has 178 valence electrons. The largest absolute Gasteiger partial charge is 0.352 e. The summed E-state index contributed by atoms with van der Waals surface area (Å²) in [6.07, 6.45) is 10.1. The minimum Gasteiger partial charge on any atom is -0.352 e. The number of amides is 2. The van der Waals surface area contributed by atoms with Gasteiger partial charge in [-0.15, -0.1) is 0 Å². The summed E-state index contributed by atoms with van der Waals surface area (Å²) < 4.78 is 28.2. The van der Waals surface area contributed by atoms with Crippen LogP contribution in [0.1, 0.15) is 50.5 Å². The van der Waals surface area contributed by atoms with Gasteiger partial charge in [-0.25, -0.2) is 8.42 Å². The molecular weight excluding hydrogens is 442 g/mol. The number of benzene rings is 1. The topological polar surface area (TPSA) is 113 Å². The van der Waals surface area contributed by atoms with Crippen molar-refractivity contribution in [1.29, 1.82) is 0 Å². The number of sulfonamides is 1. The number of nitrogens with one attached hydrogen (secondary N) is 2. The molecule has 1 aromatic carbocycles. The Balaban J connectivity index is 1.23. The van der Waals surface area contributed by atoms with Crippen LogP contribution in [-0.2, 0) is 32.6 Å². The molecule has 2 aliphatic rings. The van der Waals surface area contributed by atoms with E-state index in [2.05, 4.69) is 15.7 Å². The molecule has 2 fully saturated rings. The number of anilines is 1. The fraction of sp³-hybridized carbons (Fsp3) is 0.522. The van der Waals surface area contributed by atoms with Crippen LogP contribution >= 0.6 is 0 Å². The maximum absolute atomic E-state index is 12.6. The van der Waals surface area contributed by atoms with E-state index in [0.29, 0.717) is 30.1 Å². The smallest absolute Gasteiger partial charge is 0.243 e. The van der Waals surface area contributed by atoms with Crippen molar-refractivity contribution in [2.24, 2.45) is 0 Å². The molecule has 10 heteroatoms. The average Bonchev–Trinajstić information content (AvgIpc) is 3.56. The lowest BCUT2D eigenvalue weighted by atomic mass is 10.1. The van der Waals surface area contributed by atoms with Crippen LogP contribution in [0.4, 0.5) is 5.69 Å². The van der Waals surface area contributed by atoms with Crippen LogP contribution in [0.3, 0.4) is 0 Å². The monoisotopic (exact) mass is 473 g/mol. The average molecular weight is 474 g/mol. The highest BCUT2D eigenvalue weighted by Crippen LogP contribution is 2.21. The van der Waals surface area contributed by atoms with E-state index in [-0.39, 0.29) is 30.8 Å². The molecule has 1 saturated heterocycles. The van der Waals surface area contributed by atoms with Crippen molar-refractivity contribution < 1.29 is 18.0 Å². The van der Waals surface area contributed by atoms with E-state index in [1.54, 1.807) is 30.5 Å². The molecule has 4 rings (SSSR count). The highest BCUT2D eigenvalue weighted by atomic mass is 32.2. The molecule has 0 radical (unpaired) electrons. The van der Waals surface area contributed by atoms with E-state index >= 15 is 0 Å². The van der Waals surface area contributed by atoms with E-state index in [1.807, 2.05) is 0 Å². The standard InChI is InChI=1S/C23H31N5O4S/c29-22(26-20-15-24-27(16-20)17-23(30)25-19-5-1-2-6-19)12-9-18-7-10-21(11-8-18)33(31,32)28-13-3-4-14-28/h7-8,10-11,15-16,19H,1-6,9,12-14,17H2,(H,25,30)(H,26,29). The Morgan fingerprint density at radius 3 is 2.39 bits per heavy atom. The summed E-state index contributed by atoms with van der Waals surface area (Å²) in [5, 5.41) is 9.96. The van der Waals surface area contributed by atoms with Crippen LogP contribution in [0.5, 0.6) is 0 Å². The van der Waals surface area contributed by atoms with Crippen LogP contribution in [0.15, 0.2) is 41.6 Å². The number of carbonyl (C=O) groups is 2. The van der Waals surface area contributed by atoms with Gasteiger partial charge in [0, 0.05) is 31.7 Å². The second-order valence-corrected chi connectivity index (χ2v) is 10.7. The summed E-state index contributed by atoms with van der Waals surface area (Å²) >= 11 is 0. The first-order valence-electron chi connectivity index (χ1n) is 11.6. The van der Waals surface area contributed by atoms with Gasteiger partial charge < -0.3 is 10.6 Å². The molecule has 1 saturated carbocycles. The zero-order valence-electron chi connectivity index (χ0n) is 18.7. The van der Waals surface area contributed by atoms with Crippen molar-refractivity contribution in [2.45, 2.75) is 68.8 Å². The van der Waals surface area contributed by atoms with Crippen molar-refractivity contribution in [3.8, 4) is 0 Å².